The summed E-state index contributed by atoms with van der Waals surface area (Å²) in [6.45, 7) is 0. The molecule has 0 unspecified atom stereocenters. The van der Waals surface area contributed by atoms with Gasteiger partial charge >= 0.3 is 0 Å². The highest BCUT2D eigenvalue weighted by molar-refractivity contribution is 6.32. The Kier molecular flexibility index (Phi) is 3.45. The summed E-state index contributed by atoms with van der Waals surface area (Å²) in [5, 5.41) is 11.9. The van der Waals surface area contributed by atoms with Crippen LogP contribution in [0.4, 0.5) is 20.2 Å². The quantitative estimate of drug-likeness (QED) is 0.881. The van der Waals surface area contributed by atoms with E-state index >= 15 is 0 Å². The molecule has 90 valence electrons. The zero-order valence-corrected chi connectivity index (χ0v) is 9.80. The van der Waals surface area contributed by atoms with Crippen LogP contribution in [0.25, 0.3) is 0 Å². The minimum absolute atomic E-state index is 0.296. The van der Waals surface area contributed by atoms with E-state index in [-0.39, 0.29) is 0 Å². The van der Waals surface area contributed by atoms with Gasteiger partial charge in [0.1, 0.15) is 6.07 Å². The van der Waals surface area contributed by atoms with Crippen molar-refractivity contribution in [3.63, 3.8) is 0 Å². The van der Waals surface area contributed by atoms with Gasteiger partial charge in [-0.05, 0) is 30.3 Å². The summed E-state index contributed by atoms with van der Waals surface area (Å²) in [5.41, 5.74) is 1.34. The number of nitrogens with one attached hydrogen (secondary N) is 1. The summed E-state index contributed by atoms with van der Waals surface area (Å²) in [4.78, 5) is 0. The summed E-state index contributed by atoms with van der Waals surface area (Å²) >= 11 is 5.86. The normalized spacial score (nSPS) is 9.89. The van der Waals surface area contributed by atoms with E-state index in [0.29, 0.717) is 22.0 Å². The van der Waals surface area contributed by atoms with Crippen LogP contribution in [0.1, 0.15) is 5.56 Å². The first-order valence-corrected chi connectivity index (χ1v) is 5.39. The molecule has 0 aliphatic carbocycles. The molecule has 2 aromatic carbocycles. The van der Waals surface area contributed by atoms with Crippen LogP contribution in [0, 0.1) is 23.0 Å². The zero-order valence-electron chi connectivity index (χ0n) is 9.05. The van der Waals surface area contributed by atoms with Crippen LogP contribution in [-0.4, -0.2) is 0 Å². The van der Waals surface area contributed by atoms with Crippen molar-refractivity contribution in [1.82, 2.24) is 0 Å². The molecule has 1 N–H and O–H groups in total. The highest BCUT2D eigenvalue weighted by Gasteiger charge is 2.04. The number of benzene rings is 2. The third kappa shape index (κ3) is 2.58. The molecule has 2 rings (SSSR count). The zero-order chi connectivity index (χ0) is 13.1. The fourth-order valence-corrected chi connectivity index (χ4v) is 1.65. The van der Waals surface area contributed by atoms with Crippen molar-refractivity contribution in [2.75, 3.05) is 5.32 Å². The van der Waals surface area contributed by atoms with E-state index in [9.17, 15) is 8.78 Å². The molecular formula is C13H7ClF2N2. The Bertz CT molecular complexity index is 635. The van der Waals surface area contributed by atoms with Gasteiger partial charge in [0.25, 0.3) is 0 Å². The lowest BCUT2D eigenvalue weighted by atomic mass is 10.2. The molecule has 0 atom stereocenters. The van der Waals surface area contributed by atoms with Crippen LogP contribution in [-0.2, 0) is 0 Å². The summed E-state index contributed by atoms with van der Waals surface area (Å²) in [5.74, 6) is -1.84. The van der Waals surface area contributed by atoms with E-state index in [1.807, 2.05) is 6.07 Å². The van der Waals surface area contributed by atoms with Crippen LogP contribution in [0.2, 0.25) is 5.02 Å². The molecule has 0 saturated heterocycles. The summed E-state index contributed by atoms with van der Waals surface area (Å²) in [7, 11) is 0. The number of anilines is 2. The molecule has 0 saturated carbocycles. The van der Waals surface area contributed by atoms with Crippen molar-refractivity contribution in [1.29, 1.82) is 5.26 Å². The number of halogens is 3. The summed E-state index contributed by atoms with van der Waals surface area (Å²) < 4.78 is 25.7. The highest BCUT2D eigenvalue weighted by atomic mass is 35.5. The van der Waals surface area contributed by atoms with Crippen molar-refractivity contribution >= 4 is 23.0 Å². The van der Waals surface area contributed by atoms with E-state index in [1.165, 1.54) is 6.07 Å². The van der Waals surface area contributed by atoms with Crippen LogP contribution >= 0.6 is 11.6 Å². The maximum atomic E-state index is 13.0. The van der Waals surface area contributed by atoms with Gasteiger partial charge in [0, 0.05) is 17.4 Å². The lowest BCUT2D eigenvalue weighted by molar-refractivity contribution is 0.509. The Labute approximate surface area is 107 Å². The van der Waals surface area contributed by atoms with Gasteiger partial charge in [0.2, 0.25) is 0 Å². The van der Waals surface area contributed by atoms with Gasteiger partial charge in [-0.15, -0.1) is 0 Å². The second kappa shape index (κ2) is 5.03. The first-order valence-electron chi connectivity index (χ1n) is 5.02. The summed E-state index contributed by atoms with van der Waals surface area (Å²) in [6, 6.07) is 10.1. The van der Waals surface area contributed by atoms with Crippen LogP contribution < -0.4 is 5.32 Å². The average Bonchev–Trinajstić information content (AvgIpc) is 2.34. The summed E-state index contributed by atoms with van der Waals surface area (Å²) in [6.07, 6.45) is 0. The SMILES string of the molecule is N#Cc1ccc(Nc2ccc(F)c(F)c2)cc1Cl. The van der Waals surface area contributed by atoms with Crippen molar-refractivity contribution in [3.05, 3.63) is 58.6 Å². The number of nitrogens with zero attached hydrogens (tertiary/aromatic N) is 1. The maximum absolute atomic E-state index is 13.0. The Balaban J connectivity index is 2.26. The second-order valence-corrected chi connectivity index (χ2v) is 3.97. The fourth-order valence-electron chi connectivity index (χ4n) is 1.42. The maximum Gasteiger partial charge on any atom is 0.160 e. The fraction of sp³-hybridized carbons (Fsp3) is 0. The van der Waals surface area contributed by atoms with Crippen molar-refractivity contribution in [3.8, 4) is 6.07 Å². The van der Waals surface area contributed by atoms with Crippen LogP contribution in [0.5, 0.6) is 0 Å². The van der Waals surface area contributed by atoms with Crippen LogP contribution in [0.3, 0.4) is 0 Å². The Hall–Kier alpha value is -2.12. The van der Waals surface area contributed by atoms with Crippen molar-refractivity contribution in [2.45, 2.75) is 0 Å². The third-order valence-electron chi connectivity index (χ3n) is 2.30. The van der Waals surface area contributed by atoms with Gasteiger partial charge in [-0.2, -0.15) is 5.26 Å². The minimum atomic E-state index is -0.931. The van der Waals surface area contributed by atoms with Gasteiger partial charge in [0.05, 0.1) is 10.6 Å². The Morgan fingerprint density at radius 1 is 1.00 bits per heavy atom. The molecule has 0 aromatic heterocycles. The van der Waals surface area contributed by atoms with E-state index in [0.717, 1.165) is 12.1 Å². The Morgan fingerprint density at radius 3 is 2.28 bits per heavy atom. The second-order valence-electron chi connectivity index (χ2n) is 3.56. The molecule has 0 fully saturated rings. The molecule has 0 aliphatic heterocycles. The number of hydrogen-bond acceptors (Lipinski definition) is 2. The minimum Gasteiger partial charge on any atom is -0.355 e. The molecule has 0 aliphatic rings. The van der Waals surface area contributed by atoms with E-state index in [1.54, 1.807) is 18.2 Å². The first kappa shape index (κ1) is 12.3. The van der Waals surface area contributed by atoms with Gasteiger partial charge in [-0.3, -0.25) is 0 Å². The Morgan fingerprint density at radius 2 is 1.67 bits per heavy atom. The molecule has 0 amide bonds. The topological polar surface area (TPSA) is 35.8 Å². The molecule has 0 heterocycles. The van der Waals surface area contributed by atoms with Gasteiger partial charge in [-0.1, -0.05) is 11.6 Å². The smallest absolute Gasteiger partial charge is 0.160 e. The molecule has 0 bridgehead atoms. The average molecular weight is 265 g/mol. The van der Waals surface area contributed by atoms with Gasteiger partial charge < -0.3 is 5.32 Å². The van der Waals surface area contributed by atoms with E-state index in [4.69, 9.17) is 16.9 Å². The van der Waals surface area contributed by atoms with Crippen molar-refractivity contribution < 1.29 is 8.78 Å². The molecule has 2 nitrogen and oxygen atoms in total. The third-order valence-corrected chi connectivity index (χ3v) is 2.61. The monoisotopic (exact) mass is 264 g/mol. The highest BCUT2D eigenvalue weighted by Crippen LogP contribution is 2.24. The number of hydrogen-bond donors (Lipinski definition) is 1. The molecule has 0 spiro atoms. The molecule has 18 heavy (non-hydrogen) atoms. The van der Waals surface area contributed by atoms with Gasteiger partial charge in [-0.25, -0.2) is 8.78 Å². The number of nitriles is 1. The predicted molar refractivity (Wildman–Crippen MR) is 65.8 cm³/mol. The largest absolute Gasteiger partial charge is 0.355 e. The van der Waals surface area contributed by atoms with E-state index < -0.39 is 11.6 Å². The molecule has 0 radical (unpaired) electrons. The molecule has 5 heteroatoms. The van der Waals surface area contributed by atoms with Crippen molar-refractivity contribution in [2.24, 2.45) is 0 Å². The molecule has 2 aromatic rings. The van der Waals surface area contributed by atoms with Crippen LogP contribution in [0.15, 0.2) is 36.4 Å². The lowest BCUT2D eigenvalue weighted by Crippen LogP contribution is -1.93. The first-order chi connectivity index (χ1) is 8.60. The van der Waals surface area contributed by atoms with E-state index in [2.05, 4.69) is 5.32 Å². The van der Waals surface area contributed by atoms with Gasteiger partial charge in [0.15, 0.2) is 11.6 Å². The lowest BCUT2D eigenvalue weighted by Gasteiger charge is -2.07. The predicted octanol–water partition coefficient (Wildman–Crippen LogP) is 4.23. The number of rotatable bonds is 2. The molecular weight excluding hydrogens is 258 g/mol. The standard InChI is InChI=1S/C13H7ClF2N2/c14-11-5-9(2-1-8(11)7-17)18-10-3-4-12(15)13(16)6-10/h1-6,18H.